The number of rotatable bonds is 6. The molecular weight excluding hydrogens is 174 g/mol. The number of hydrogen-bond donors (Lipinski definition) is 1. The van der Waals surface area contributed by atoms with E-state index in [9.17, 15) is 0 Å². The largest absolute Gasteiger partial charge is 0.310 e. The summed E-state index contributed by atoms with van der Waals surface area (Å²) in [7, 11) is 0. The lowest BCUT2D eigenvalue weighted by molar-refractivity contribution is 0.393. The fourth-order valence-electron chi connectivity index (χ4n) is 1.74. The zero-order valence-electron chi connectivity index (χ0n) is 9.40. The van der Waals surface area contributed by atoms with Crippen LogP contribution in [0.3, 0.4) is 0 Å². The minimum atomic E-state index is 0.483. The van der Waals surface area contributed by atoms with Gasteiger partial charge in [0.05, 0.1) is 6.54 Å². The van der Waals surface area contributed by atoms with Gasteiger partial charge in [-0.15, -0.1) is 0 Å². The van der Waals surface area contributed by atoms with E-state index in [0.717, 1.165) is 6.54 Å². The molecule has 1 heterocycles. The van der Waals surface area contributed by atoms with Gasteiger partial charge in [-0.2, -0.15) is 5.10 Å². The van der Waals surface area contributed by atoms with Crippen LogP contribution < -0.4 is 5.32 Å². The van der Waals surface area contributed by atoms with Crippen molar-refractivity contribution in [3.63, 3.8) is 0 Å². The molecule has 2 unspecified atom stereocenters. The van der Waals surface area contributed by atoms with Gasteiger partial charge in [-0.3, -0.25) is 4.68 Å². The third kappa shape index (κ3) is 3.92. The minimum Gasteiger partial charge on any atom is -0.310 e. The van der Waals surface area contributed by atoms with Crippen molar-refractivity contribution in [1.82, 2.24) is 15.1 Å². The predicted octanol–water partition coefficient (Wildman–Crippen LogP) is 2.05. The van der Waals surface area contributed by atoms with Gasteiger partial charge in [0.15, 0.2) is 0 Å². The Morgan fingerprint density at radius 1 is 1.36 bits per heavy atom. The molecule has 3 nitrogen and oxygen atoms in total. The first-order valence-corrected chi connectivity index (χ1v) is 5.45. The molecule has 14 heavy (non-hydrogen) atoms. The quantitative estimate of drug-likeness (QED) is 0.753. The van der Waals surface area contributed by atoms with Crippen molar-refractivity contribution in [3.8, 4) is 0 Å². The zero-order chi connectivity index (χ0) is 10.4. The molecule has 1 aromatic rings. The fraction of sp³-hybridized carbons (Fsp3) is 0.727. The first-order valence-electron chi connectivity index (χ1n) is 5.45. The Bertz CT molecular complexity index is 231. The Kier molecular flexibility index (Phi) is 4.66. The van der Waals surface area contributed by atoms with E-state index in [1.54, 1.807) is 0 Å². The SMILES string of the molecule is CCCC(C)NC(C)Cn1cccn1. The van der Waals surface area contributed by atoms with Crippen LogP contribution >= 0.6 is 0 Å². The highest BCUT2D eigenvalue weighted by Gasteiger charge is 2.06. The first kappa shape index (κ1) is 11.2. The number of aromatic nitrogens is 2. The second kappa shape index (κ2) is 5.81. The molecule has 2 atom stereocenters. The summed E-state index contributed by atoms with van der Waals surface area (Å²) in [6.45, 7) is 7.61. The van der Waals surface area contributed by atoms with Crippen molar-refractivity contribution in [2.45, 2.75) is 52.2 Å². The van der Waals surface area contributed by atoms with Gasteiger partial charge < -0.3 is 5.32 Å². The molecule has 80 valence electrons. The lowest BCUT2D eigenvalue weighted by Gasteiger charge is -2.19. The molecular formula is C11H21N3. The average molecular weight is 195 g/mol. The lowest BCUT2D eigenvalue weighted by atomic mass is 10.2. The summed E-state index contributed by atoms with van der Waals surface area (Å²) in [5.41, 5.74) is 0. The molecule has 0 radical (unpaired) electrons. The molecule has 1 N–H and O–H groups in total. The topological polar surface area (TPSA) is 29.9 Å². The summed E-state index contributed by atoms with van der Waals surface area (Å²) in [5.74, 6) is 0. The van der Waals surface area contributed by atoms with Gasteiger partial charge in [-0.25, -0.2) is 0 Å². The van der Waals surface area contributed by atoms with Crippen LogP contribution in [0, 0.1) is 0 Å². The van der Waals surface area contributed by atoms with Crippen molar-refractivity contribution < 1.29 is 0 Å². The Labute approximate surface area is 86.5 Å². The summed E-state index contributed by atoms with van der Waals surface area (Å²) in [4.78, 5) is 0. The molecule has 0 spiro atoms. The molecule has 0 amide bonds. The van der Waals surface area contributed by atoms with E-state index < -0.39 is 0 Å². The summed E-state index contributed by atoms with van der Waals surface area (Å²) in [5, 5.41) is 7.74. The van der Waals surface area contributed by atoms with Gasteiger partial charge >= 0.3 is 0 Å². The maximum atomic E-state index is 4.19. The third-order valence-corrected chi connectivity index (χ3v) is 2.31. The van der Waals surface area contributed by atoms with Crippen molar-refractivity contribution in [3.05, 3.63) is 18.5 Å². The molecule has 0 aliphatic rings. The maximum Gasteiger partial charge on any atom is 0.0560 e. The second-order valence-corrected chi connectivity index (χ2v) is 3.99. The highest BCUT2D eigenvalue weighted by Crippen LogP contribution is 1.98. The van der Waals surface area contributed by atoms with E-state index in [1.165, 1.54) is 12.8 Å². The van der Waals surface area contributed by atoms with Crippen LogP contribution in [0.2, 0.25) is 0 Å². The number of nitrogens with zero attached hydrogens (tertiary/aromatic N) is 2. The van der Waals surface area contributed by atoms with E-state index in [0.29, 0.717) is 12.1 Å². The summed E-state index contributed by atoms with van der Waals surface area (Å²) in [6.07, 6.45) is 6.30. The first-order chi connectivity index (χ1) is 6.72. The number of hydrogen-bond acceptors (Lipinski definition) is 2. The normalized spacial score (nSPS) is 15.4. The van der Waals surface area contributed by atoms with E-state index in [1.807, 2.05) is 23.1 Å². The van der Waals surface area contributed by atoms with Gasteiger partial charge in [0.25, 0.3) is 0 Å². The van der Waals surface area contributed by atoms with Crippen LogP contribution in [-0.4, -0.2) is 21.9 Å². The molecule has 0 saturated heterocycles. The zero-order valence-corrected chi connectivity index (χ0v) is 9.40. The van der Waals surface area contributed by atoms with Gasteiger partial charge in [0, 0.05) is 24.5 Å². The Morgan fingerprint density at radius 3 is 2.71 bits per heavy atom. The van der Waals surface area contributed by atoms with Crippen LogP contribution in [0.4, 0.5) is 0 Å². The smallest absolute Gasteiger partial charge is 0.0560 e. The highest BCUT2D eigenvalue weighted by molar-refractivity contribution is 4.79. The molecule has 0 aromatic carbocycles. The fourth-order valence-corrected chi connectivity index (χ4v) is 1.74. The van der Waals surface area contributed by atoms with Crippen LogP contribution in [0.25, 0.3) is 0 Å². The Hall–Kier alpha value is -0.830. The molecule has 0 bridgehead atoms. The van der Waals surface area contributed by atoms with Crippen molar-refractivity contribution in [1.29, 1.82) is 0 Å². The molecule has 3 heteroatoms. The van der Waals surface area contributed by atoms with Crippen LogP contribution in [0.5, 0.6) is 0 Å². The summed E-state index contributed by atoms with van der Waals surface area (Å²) < 4.78 is 1.97. The summed E-state index contributed by atoms with van der Waals surface area (Å²) in [6, 6.07) is 3.05. The van der Waals surface area contributed by atoms with Gasteiger partial charge in [-0.05, 0) is 26.3 Å². The van der Waals surface area contributed by atoms with Crippen LogP contribution in [0.1, 0.15) is 33.6 Å². The molecule has 1 rings (SSSR count). The molecule has 0 aliphatic heterocycles. The van der Waals surface area contributed by atoms with Crippen LogP contribution in [0.15, 0.2) is 18.5 Å². The maximum absolute atomic E-state index is 4.19. The minimum absolute atomic E-state index is 0.483. The Morgan fingerprint density at radius 2 is 2.14 bits per heavy atom. The highest BCUT2D eigenvalue weighted by atomic mass is 15.3. The van der Waals surface area contributed by atoms with Crippen molar-refractivity contribution in [2.75, 3.05) is 0 Å². The van der Waals surface area contributed by atoms with E-state index >= 15 is 0 Å². The molecule has 1 aromatic heterocycles. The molecule has 0 fully saturated rings. The standard InChI is InChI=1S/C11H21N3/c1-4-6-10(2)13-11(3)9-14-8-5-7-12-14/h5,7-8,10-11,13H,4,6,9H2,1-3H3. The number of nitrogens with one attached hydrogen (secondary N) is 1. The van der Waals surface area contributed by atoms with Crippen LogP contribution in [-0.2, 0) is 6.54 Å². The van der Waals surface area contributed by atoms with Crippen molar-refractivity contribution >= 4 is 0 Å². The van der Waals surface area contributed by atoms with Gasteiger partial charge in [0.2, 0.25) is 0 Å². The second-order valence-electron chi connectivity index (χ2n) is 3.99. The van der Waals surface area contributed by atoms with E-state index in [2.05, 4.69) is 31.2 Å². The lowest BCUT2D eigenvalue weighted by Crippen LogP contribution is -2.37. The monoisotopic (exact) mass is 195 g/mol. The van der Waals surface area contributed by atoms with Gasteiger partial charge in [0.1, 0.15) is 0 Å². The average Bonchev–Trinajstić information content (AvgIpc) is 2.56. The summed E-state index contributed by atoms with van der Waals surface area (Å²) >= 11 is 0. The molecule has 0 aliphatic carbocycles. The third-order valence-electron chi connectivity index (χ3n) is 2.31. The van der Waals surface area contributed by atoms with Gasteiger partial charge in [-0.1, -0.05) is 13.3 Å². The Balaban J connectivity index is 2.25. The molecule has 0 saturated carbocycles. The van der Waals surface area contributed by atoms with Crippen molar-refractivity contribution in [2.24, 2.45) is 0 Å². The predicted molar refractivity (Wildman–Crippen MR) is 59.2 cm³/mol. The van der Waals surface area contributed by atoms with E-state index in [4.69, 9.17) is 0 Å². The van der Waals surface area contributed by atoms with E-state index in [-0.39, 0.29) is 0 Å².